The Labute approximate surface area is 222 Å². The number of benzene rings is 3. The number of carbonyl (C=O) groups excluding carboxylic acids is 2. The first-order chi connectivity index (χ1) is 17.7. The van der Waals surface area contributed by atoms with Gasteiger partial charge in [-0.15, -0.1) is 0 Å². The molecule has 6 rings (SSSR count). The highest BCUT2D eigenvalue weighted by Gasteiger charge is 2.48. The maximum Gasteiger partial charge on any atom is 0.301 e. The third-order valence-corrected chi connectivity index (χ3v) is 8.04. The van der Waals surface area contributed by atoms with E-state index in [1.165, 1.54) is 16.2 Å². The number of hydrogen-bond donors (Lipinski definition) is 1. The van der Waals surface area contributed by atoms with E-state index in [0.29, 0.717) is 27.7 Å². The maximum atomic E-state index is 13.5. The van der Waals surface area contributed by atoms with Crippen molar-refractivity contribution in [2.45, 2.75) is 39.3 Å². The molecule has 0 unspecified atom stereocenters. The Balaban J connectivity index is 1.55. The number of anilines is 1. The molecule has 8 heteroatoms. The van der Waals surface area contributed by atoms with Crippen molar-refractivity contribution in [1.82, 2.24) is 4.98 Å². The van der Waals surface area contributed by atoms with E-state index in [9.17, 15) is 14.7 Å². The zero-order chi connectivity index (χ0) is 26.0. The lowest BCUT2D eigenvalue weighted by Gasteiger charge is -2.23. The minimum absolute atomic E-state index is 0.00587. The quantitative estimate of drug-likeness (QED) is 0.185. The van der Waals surface area contributed by atoms with Crippen LogP contribution in [-0.4, -0.2) is 27.9 Å². The molecule has 0 bridgehead atoms. The van der Waals surface area contributed by atoms with Crippen LogP contribution in [-0.2, 0) is 16.0 Å². The van der Waals surface area contributed by atoms with Crippen LogP contribution >= 0.6 is 22.9 Å². The predicted octanol–water partition coefficient (Wildman–Crippen LogP) is 6.52. The van der Waals surface area contributed by atoms with Crippen molar-refractivity contribution in [3.05, 3.63) is 93.0 Å². The Bertz CT molecular complexity index is 1660. The molecule has 1 aromatic heterocycles. The highest BCUT2D eigenvalue weighted by Crippen LogP contribution is 2.45. The van der Waals surface area contributed by atoms with Crippen molar-refractivity contribution in [1.29, 1.82) is 0 Å². The van der Waals surface area contributed by atoms with Gasteiger partial charge in [-0.05, 0) is 79.4 Å². The lowest BCUT2D eigenvalue weighted by Crippen LogP contribution is -2.29. The number of ether oxygens (including phenoxy) is 1. The average molecular weight is 531 g/mol. The van der Waals surface area contributed by atoms with Gasteiger partial charge in [-0.25, -0.2) is 4.98 Å². The summed E-state index contributed by atoms with van der Waals surface area (Å²) in [5.41, 5.74) is 4.88. The molecule has 37 heavy (non-hydrogen) atoms. The van der Waals surface area contributed by atoms with Crippen LogP contribution < -0.4 is 9.64 Å². The number of aryl methyl sites for hydroxylation is 2. The number of aliphatic hydroxyl groups excluding tert-OH is 1. The summed E-state index contributed by atoms with van der Waals surface area (Å²) in [7, 11) is 0. The maximum absolute atomic E-state index is 13.5. The van der Waals surface area contributed by atoms with Crippen LogP contribution in [0.3, 0.4) is 0 Å². The molecular weight excluding hydrogens is 508 g/mol. The second kappa shape index (κ2) is 8.71. The third kappa shape index (κ3) is 3.90. The summed E-state index contributed by atoms with van der Waals surface area (Å²) in [5, 5.41) is 12.3. The molecule has 2 atom stereocenters. The van der Waals surface area contributed by atoms with Gasteiger partial charge in [0.15, 0.2) is 5.13 Å². The average Bonchev–Trinajstić information content (AvgIpc) is 3.51. The Kier molecular flexibility index (Phi) is 5.58. The molecular formula is C29H23ClN2O4S. The third-order valence-electron chi connectivity index (χ3n) is 6.80. The predicted molar refractivity (Wildman–Crippen MR) is 146 cm³/mol. The van der Waals surface area contributed by atoms with E-state index in [1.54, 1.807) is 36.4 Å². The first-order valence-corrected chi connectivity index (χ1v) is 13.1. The molecule has 3 heterocycles. The zero-order valence-electron chi connectivity index (χ0n) is 20.4. The number of ketones is 1. The van der Waals surface area contributed by atoms with Crippen LogP contribution in [0.1, 0.15) is 40.8 Å². The number of carbonyl (C=O) groups is 2. The Morgan fingerprint density at radius 3 is 2.73 bits per heavy atom. The van der Waals surface area contributed by atoms with Gasteiger partial charge in [0.25, 0.3) is 5.78 Å². The second-order valence-corrected chi connectivity index (χ2v) is 11.0. The molecule has 0 saturated carbocycles. The van der Waals surface area contributed by atoms with Crippen molar-refractivity contribution in [2.24, 2.45) is 0 Å². The smallest absolute Gasteiger partial charge is 0.301 e. The molecule has 6 nitrogen and oxygen atoms in total. The zero-order valence-corrected chi connectivity index (χ0v) is 22.0. The monoisotopic (exact) mass is 530 g/mol. The van der Waals surface area contributed by atoms with Crippen LogP contribution in [0.15, 0.2) is 60.2 Å². The summed E-state index contributed by atoms with van der Waals surface area (Å²) in [6, 6.07) is 15.5. The topological polar surface area (TPSA) is 79.7 Å². The number of thiazole rings is 1. The van der Waals surface area contributed by atoms with Gasteiger partial charge >= 0.3 is 5.91 Å². The van der Waals surface area contributed by atoms with Gasteiger partial charge in [0.1, 0.15) is 17.6 Å². The van der Waals surface area contributed by atoms with Crippen LogP contribution in [0.5, 0.6) is 5.75 Å². The van der Waals surface area contributed by atoms with E-state index >= 15 is 0 Å². The van der Waals surface area contributed by atoms with Gasteiger partial charge in [-0.1, -0.05) is 41.1 Å². The number of fused-ring (bicyclic) bond motifs is 2. The van der Waals surface area contributed by atoms with Crippen LogP contribution in [0, 0.1) is 13.8 Å². The van der Waals surface area contributed by atoms with E-state index in [2.05, 4.69) is 0 Å². The summed E-state index contributed by atoms with van der Waals surface area (Å²) in [6.45, 7) is 5.96. The molecule has 0 aliphatic carbocycles. The van der Waals surface area contributed by atoms with E-state index in [4.69, 9.17) is 21.3 Å². The molecule has 0 spiro atoms. The molecule has 3 aromatic carbocycles. The molecule has 1 fully saturated rings. The lowest BCUT2D eigenvalue weighted by molar-refractivity contribution is -0.132. The summed E-state index contributed by atoms with van der Waals surface area (Å²) < 4.78 is 6.71. The molecule has 1 amide bonds. The Hall–Kier alpha value is -3.68. The fourth-order valence-electron chi connectivity index (χ4n) is 5.21. The molecule has 4 aromatic rings. The van der Waals surface area contributed by atoms with Gasteiger partial charge in [0, 0.05) is 17.0 Å². The number of Topliss-reactive ketones (excluding diaryl/α,β-unsaturated/α-hetero) is 1. The molecule has 1 N–H and O–H groups in total. The van der Waals surface area contributed by atoms with E-state index in [1.807, 2.05) is 39.0 Å². The molecule has 0 radical (unpaired) electrons. The standard InChI is InChI=1S/C29H23ClN2O4S/c1-14-9-15(2)24-22(10-14)37-29(31-24)32-25(17-5-4-6-20(30)13-17)23(27(34)28(32)35)26(33)18-7-8-21-19(12-18)11-16(3)36-21/h4-10,12-13,16,25,33H,11H2,1-3H3/b26-23+/t16-,25+/m0/s1. The number of nitrogens with zero attached hydrogens (tertiary/aromatic N) is 2. The summed E-state index contributed by atoms with van der Waals surface area (Å²) in [4.78, 5) is 33.2. The van der Waals surface area contributed by atoms with Crippen LogP contribution in [0.25, 0.3) is 16.0 Å². The van der Waals surface area contributed by atoms with Gasteiger partial charge < -0.3 is 9.84 Å². The first kappa shape index (κ1) is 23.7. The van der Waals surface area contributed by atoms with Crippen molar-refractivity contribution in [3.8, 4) is 5.75 Å². The molecule has 2 aliphatic heterocycles. The fourth-order valence-corrected chi connectivity index (χ4v) is 6.58. The van der Waals surface area contributed by atoms with E-state index in [-0.39, 0.29) is 17.4 Å². The van der Waals surface area contributed by atoms with Gasteiger partial charge in [0.2, 0.25) is 0 Å². The van der Waals surface area contributed by atoms with Crippen molar-refractivity contribution < 1.29 is 19.4 Å². The highest BCUT2D eigenvalue weighted by molar-refractivity contribution is 7.22. The Morgan fingerprint density at radius 2 is 1.95 bits per heavy atom. The largest absolute Gasteiger partial charge is 0.507 e. The molecule has 186 valence electrons. The minimum atomic E-state index is -0.885. The number of hydrogen-bond acceptors (Lipinski definition) is 6. The first-order valence-electron chi connectivity index (χ1n) is 12.0. The molecule has 2 aliphatic rings. The minimum Gasteiger partial charge on any atom is -0.507 e. The normalized spacial score (nSPS) is 20.5. The van der Waals surface area contributed by atoms with Crippen molar-refractivity contribution in [3.63, 3.8) is 0 Å². The Morgan fingerprint density at radius 1 is 1.14 bits per heavy atom. The lowest BCUT2D eigenvalue weighted by atomic mass is 9.94. The van der Waals surface area contributed by atoms with Crippen LogP contribution in [0.4, 0.5) is 5.13 Å². The fraction of sp³-hybridized carbons (Fsp3) is 0.207. The van der Waals surface area contributed by atoms with Crippen molar-refractivity contribution in [2.75, 3.05) is 4.90 Å². The number of aliphatic hydroxyl groups is 1. The highest BCUT2D eigenvalue weighted by atomic mass is 35.5. The van der Waals surface area contributed by atoms with Crippen LogP contribution in [0.2, 0.25) is 5.02 Å². The van der Waals surface area contributed by atoms with E-state index < -0.39 is 17.7 Å². The second-order valence-electron chi connectivity index (χ2n) is 9.60. The van der Waals surface area contributed by atoms with Gasteiger partial charge in [-0.3, -0.25) is 14.5 Å². The van der Waals surface area contributed by atoms with Crippen molar-refractivity contribution >= 4 is 55.7 Å². The number of aromatic nitrogens is 1. The number of amides is 1. The van der Waals surface area contributed by atoms with Gasteiger partial charge in [0.05, 0.1) is 21.8 Å². The summed E-state index contributed by atoms with van der Waals surface area (Å²) >= 11 is 7.67. The number of halogens is 1. The summed E-state index contributed by atoms with van der Waals surface area (Å²) in [6.07, 6.45) is 0.739. The SMILES string of the molecule is Cc1cc(C)c2nc(N3C(=O)C(=O)/C(=C(/O)c4ccc5c(c4)C[C@H](C)O5)[C@H]3c3cccc(Cl)c3)sc2c1. The number of rotatable bonds is 3. The summed E-state index contributed by atoms with van der Waals surface area (Å²) in [5.74, 6) is -0.977. The van der Waals surface area contributed by atoms with E-state index in [0.717, 1.165) is 32.7 Å². The molecule has 1 saturated heterocycles. The van der Waals surface area contributed by atoms with Gasteiger partial charge in [-0.2, -0.15) is 0 Å².